The molecule has 0 unspecified atom stereocenters. The lowest BCUT2D eigenvalue weighted by Gasteiger charge is -2.11. The normalized spacial score (nSPS) is 15.0. The Morgan fingerprint density at radius 1 is 1.30 bits per heavy atom. The van der Waals surface area contributed by atoms with Crippen LogP contribution in [0.4, 0.5) is 10.2 Å². The summed E-state index contributed by atoms with van der Waals surface area (Å²) in [5, 5.41) is 7.32. The van der Waals surface area contributed by atoms with Gasteiger partial charge in [-0.1, -0.05) is 25.7 Å². The highest BCUT2D eigenvalue weighted by Crippen LogP contribution is 2.28. The molecule has 1 aromatic carbocycles. The van der Waals surface area contributed by atoms with E-state index in [1.807, 2.05) is 13.0 Å². The predicted molar refractivity (Wildman–Crippen MR) is 88.1 cm³/mol. The third-order valence-corrected chi connectivity index (χ3v) is 4.42. The van der Waals surface area contributed by atoms with Crippen LogP contribution < -0.4 is 5.32 Å². The molecule has 3 rings (SSSR count). The summed E-state index contributed by atoms with van der Waals surface area (Å²) >= 11 is 0. The smallest absolute Gasteiger partial charge is 0.225 e. The lowest BCUT2D eigenvalue weighted by Crippen LogP contribution is -2.15. The molecule has 23 heavy (non-hydrogen) atoms. The lowest BCUT2D eigenvalue weighted by molar-refractivity contribution is -0.116. The van der Waals surface area contributed by atoms with Gasteiger partial charge < -0.3 is 5.32 Å². The highest BCUT2D eigenvalue weighted by Gasteiger charge is 2.17. The van der Waals surface area contributed by atoms with Gasteiger partial charge in [-0.25, -0.2) is 9.07 Å². The van der Waals surface area contributed by atoms with Crippen molar-refractivity contribution in [3.05, 3.63) is 41.8 Å². The maximum absolute atomic E-state index is 13.1. The zero-order valence-corrected chi connectivity index (χ0v) is 13.4. The Kier molecular flexibility index (Phi) is 4.74. The number of carbonyl (C=O) groups is 1. The van der Waals surface area contributed by atoms with Crippen LogP contribution in [0.3, 0.4) is 0 Å². The predicted octanol–water partition coefficient (Wildman–Crippen LogP) is 4.23. The molecule has 1 amide bonds. The summed E-state index contributed by atoms with van der Waals surface area (Å²) in [6.45, 7) is 1.87. The molecule has 1 aliphatic rings. The maximum atomic E-state index is 13.1. The summed E-state index contributed by atoms with van der Waals surface area (Å²) in [5.74, 6) is 1.05. The molecular formula is C18H22FN3O. The van der Waals surface area contributed by atoms with Gasteiger partial charge in [-0.15, -0.1) is 0 Å². The van der Waals surface area contributed by atoms with E-state index in [4.69, 9.17) is 0 Å². The van der Waals surface area contributed by atoms with Crippen molar-refractivity contribution in [3.8, 4) is 5.69 Å². The molecule has 5 heteroatoms. The summed E-state index contributed by atoms with van der Waals surface area (Å²) in [4.78, 5) is 12.2. The minimum Gasteiger partial charge on any atom is -0.311 e. The highest BCUT2D eigenvalue weighted by atomic mass is 19.1. The molecule has 0 bridgehead atoms. The summed E-state index contributed by atoms with van der Waals surface area (Å²) in [5.41, 5.74) is 1.53. The van der Waals surface area contributed by atoms with Gasteiger partial charge in [-0.2, -0.15) is 5.10 Å². The van der Waals surface area contributed by atoms with Crippen molar-refractivity contribution in [1.29, 1.82) is 0 Å². The van der Waals surface area contributed by atoms with Crippen molar-refractivity contribution < 1.29 is 9.18 Å². The summed E-state index contributed by atoms with van der Waals surface area (Å²) in [6, 6.07) is 7.90. The van der Waals surface area contributed by atoms with Gasteiger partial charge in [0.05, 0.1) is 11.4 Å². The van der Waals surface area contributed by atoms with Gasteiger partial charge in [0, 0.05) is 12.5 Å². The number of hydrogen-bond acceptors (Lipinski definition) is 2. The Bertz CT molecular complexity index is 672. The zero-order chi connectivity index (χ0) is 16.2. The first-order valence-electron chi connectivity index (χ1n) is 8.24. The van der Waals surface area contributed by atoms with E-state index < -0.39 is 0 Å². The monoisotopic (exact) mass is 315 g/mol. The van der Waals surface area contributed by atoms with Crippen LogP contribution in [0.15, 0.2) is 30.3 Å². The molecule has 0 atom stereocenters. The van der Waals surface area contributed by atoms with Gasteiger partial charge in [0.15, 0.2) is 0 Å². The Morgan fingerprint density at radius 3 is 2.70 bits per heavy atom. The van der Waals surface area contributed by atoms with Gasteiger partial charge in [-0.3, -0.25) is 4.79 Å². The van der Waals surface area contributed by atoms with Gasteiger partial charge in [-0.05, 0) is 43.5 Å². The topological polar surface area (TPSA) is 46.9 Å². The Morgan fingerprint density at radius 2 is 2.00 bits per heavy atom. The quantitative estimate of drug-likeness (QED) is 0.897. The molecule has 1 N–H and O–H groups in total. The summed E-state index contributed by atoms with van der Waals surface area (Å²) in [7, 11) is 0. The number of aromatic nitrogens is 2. The van der Waals surface area contributed by atoms with E-state index in [2.05, 4.69) is 10.4 Å². The molecule has 1 aliphatic carbocycles. The number of anilines is 1. The minimum absolute atomic E-state index is 0.0140. The van der Waals surface area contributed by atoms with E-state index in [1.165, 1.54) is 37.8 Å². The second kappa shape index (κ2) is 6.94. The van der Waals surface area contributed by atoms with E-state index in [0.717, 1.165) is 17.8 Å². The second-order valence-corrected chi connectivity index (χ2v) is 6.30. The van der Waals surface area contributed by atoms with Crippen LogP contribution in [0, 0.1) is 18.7 Å². The van der Waals surface area contributed by atoms with Crippen molar-refractivity contribution in [3.63, 3.8) is 0 Å². The molecule has 0 saturated heterocycles. The third-order valence-electron chi connectivity index (χ3n) is 4.42. The highest BCUT2D eigenvalue weighted by molar-refractivity contribution is 5.90. The second-order valence-electron chi connectivity index (χ2n) is 6.30. The van der Waals surface area contributed by atoms with Crippen molar-refractivity contribution in [2.24, 2.45) is 5.92 Å². The molecule has 4 nitrogen and oxygen atoms in total. The van der Waals surface area contributed by atoms with E-state index in [1.54, 1.807) is 16.8 Å². The molecule has 1 saturated carbocycles. The average molecular weight is 315 g/mol. The van der Waals surface area contributed by atoms with Crippen LogP contribution in [0.5, 0.6) is 0 Å². The van der Waals surface area contributed by atoms with Gasteiger partial charge in [0.25, 0.3) is 0 Å². The average Bonchev–Trinajstić information content (AvgIpc) is 3.16. The number of benzene rings is 1. The minimum atomic E-state index is -0.292. The van der Waals surface area contributed by atoms with E-state index >= 15 is 0 Å². The molecular weight excluding hydrogens is 293 g/mol. The molecule has 0 spiro atoms. The van der Waals surface area contributed by atoms with E-state index in [-0.39, 0.29) is 11.7 Å². The summed E-state index contributed by atoms with van der Waals surface area (Å²) < 4.78 is 14.7. The Balaban J connectivity index is 1.67. The number of aryl methyl sites for hydroxylation is 1. The van der Waals surface area contributed by atoms with Crippen molar-refractivity contribution >= 4 is 11.7 Å². The van der Waals surface area contributed by atoms with Crippen molar-refractivity contribution in [1.82, 2.24) is 9.78 Å². The van der Waals surface area contributed by atoms with Crippen LogP contribution in [-0.2, 0) is 4.79 Å². The number of carbonyl (C=O) groups excluding carboxylic acids is 1. The molecule has 2 aromatic rings. The first kappa shape index (κ1) is 15.7. The largest absolute Gasteiger partial charge is 0.311 e. The fraction of sp³-hybridized carbons (Fsp3) is 0.444. The van der Waals surface area contributed by atoms with Crippen LogP contribution in [-0.4, -0.2) is 15.7 Å². The SMILES string of the molecule is Cc1cc(NC(=O)CCC2CCCC2)n(-c2ccc(F)cc2)n1. The van der Waals surface area contributed by atoms with Gasteiger partial charge in [0.1, 0.15) is 11.6 Å². The van der Waals surface area contributed by atoms with Crippen LogP contribution >= 0.6 is 0 Å². The third kappa shape index (κ3) is 3.97. The van der Waals surface area contributed by atoms with Gasteiger partial charge in [0.2, 0.25) is 5.91 Å². The molecule has 1 fully saturated rings. The maximum Gasteiger partial charge on any atom is 0.225 e. The lowest BCUT2D eigenvalue weighted by atomic mass is 10.0. The molecule has 1 heterocycles. The zero-order valence-electron chi connectivity index (χ0n) is 13.4. The number of rotatable bonds is 5. The molecule has 122 valence electrons. The summed E-state index contributed by atoms with van der Waals surface area (Å²) in [6.07, 6.45) is 6.58. The molecule has 0 aliphatic heterocycles. The fourth-order valence-corrected chi connectivity index (χ4v) is 3.21. The van der Waals surface area contributed by atoms with E-state index in [9.17, 15) is 9.18 Å². The van der Waals surface area contributed by atoms with Crippen LogP contribution in [0.1, 0.15) is 44.2 Å². The number of halogens is 1. The number of nitrogens with one attached hydrogen (secondary N) is 1. The van der Waals surface area contributed by atoms with Crippen LogP contribution in [0.2, 0.25) is 0 Å². The van der Waals surface area contributed by atoms with Crippen LogP contribution in [0.25, 0.3) is 5.69 Å². The first-order valence-corrected chi connectivity index (χ1v) is 8.24. The van der Waals surface area contributed by atoms with Crippen molar-refractivity contribution in [2.45, 2.75) is 45.4 Å². The Labute approximate surface area is 135 Å². The number of nitrogens with zero attached hydrogens (tertiary/aromatic N) is 2. The molecule has 0 radical (unpaired) electrons. The number of amides is 1. The van der Waals surface area contributed by atoms with E-state index in [0.29, 0.717) is 18.2 Å². The first-order chi connectivity index (χ1) is 11.1. The standard InChI is InChI=1S/C18H22FN3O/c1-13-12-17(20-18(23)11-6-14-4-2-3-5-14)22(21-13)16-9-7-15(19)8-10-16/h7-10,12,14H,2-6,11H2,1H3,(H,20,23). The Hall–Kier alpha value is -2.17. The fourth-order valence-electron chi connectivity index (χ4n) is 3.21. The van der Waals surface area contributed by atoms with Crippen molar-refractivity contribution in [2.75, 3.05) is 5.32 Å². The number of hydrogen-bond donors (Lipinski definition) is 1. The van der Waals surface area contributed by atoms with Gasteiger partial charge >= 0.3 is 0 Å². The molecule has 1 aromatic heterocycles.